The van der Waals surface area contributed by atoms with E-state index >= 15 is 0 Å². The number of benzene rings is 1. The third-order valence-electron chi connectivity index (χ3n) is 2.38. The summed E-state index contributed by atoms with van der Waals surface area (Å²) in [6.45, 7) is 0. The van der Waals surface area contributed by atoms with Crippen LogP contribution in [0.2, 0.25) is 5.02 Å². The number of rotatable bonds is 3. The third-order valence-corrected chi connectivity index (χ3v) is 2.63. The molecule has 2 rings (SSSR count). The van der Waals surface area contributed by atoms with Gasteiger partial charge in [-0.05, 0) is 18.2 Å². The number of aromatic nitrogens is 2. The molecule has 0 aliphatic heterocycles. The number of esters is 1. The van der Waals surface area contributed by atoms with Gasteiger partial charge in [0.1, 0.15) is 12.2 Å². The van der Waals surface area contributed by atoms with Crippen LogP contribution < -0.4 is 0 Å². The van der Waals surface area contributed by atoms with E-state index in [2.05, 4.69) is 14.7 Å². The molecule has 0 fully saturated rings. The number of hydrogen-bond acceptors (Lipinski definition) is 4. The highest BCUT2D eigenvalue weighted by Gasteiger charge is 2.07. The highest BCUT2D eigenvalue weighted by molar-refractivity contribution is 6.30. The Hall–Kier alpha value is -1.94. The Kier molecular flexibility index (Phi) is 3.89. The zero-order valence-corrected chi connectivity index (χ0v) is 10.5. The molecule has 0 atom stereocenters. The summed E-state index contributed by atoms with van der Waals surface area (Å²) in [6.07, 6.45) is 1.69. The number of ether oxygens (including phenoxy) is 1. The van der Waals surface area contributed by atoms with Gasteiger partial charge in [-0.1, -0.05) is 23.7 Å². The number of carbonyl (C=O) groups is 1. The minimum Gasteiger partial charge on any atom is -0.469 e. The van der Waals surface area contributed by atoms with Gasteiger partial charge in [-0.3, -0.25) is 4.79 Å². The van der Waals surface area contributed by atoms with Crippen LogP contribution in [0.1, 0.15) is 5.82 Å². The van der Waals surface area contributed by atoms with E-state index in [1.807, 2.05) is 12.1 Å². The summed E-state index contributed by atoms with van der Waals surface area (Å²) >= 11 is 5.82. The Morgan fingerprint density at radius 1 is 1.28 bits per heavy atom. The van der Waals surface area contributed by atoms with Crippen molar-refractivity contribution in [3.8, 4) is 11.3 Å². The van der Waals surface area contributed by atoms with Gasteiger partial charge in [0.2, 0.25) is 0 Å². The normalized spacial score (nSPS) is 10.1. The number of nitrogens with zero attached hydrogens (tertiary/aromatic N) is 2. The minimum absolute atomic E-state index is 0.0674. The number of carbonyl (C=O) groups excluding carboxylic acids is 1. The van der Waals surface area contributed by atoms with Gasteiger partial charge >= 0.3 is 5.97 Å². The highest BCUT2D eigenvalue weighted by Crippen LogP contribution is 2.19. The van der Waals surface area contributed by atoms with Crippen molar-refractivity contribution in [2.24, 2.45) is 0 Å². The molecule has 92 valence electrons. The first-order valence-corrected chi connectivity index (χ1v) is 5.71. The van der Waals surface area contributed by atoms with Crippen molar-refractivity contribution >= 4 is 17.6 Å². The van der Waals surface area contributed by atoms with E-state index in [0.717, 1.165) is 11.3 Å². The first kappa shape index (κ1) is 12.5. The van der Waals surface area contributed by atoms with Gasteiger partial charge in [-0.15, -0.1) is 0 Å². The number of halogens is 1. The van der Waals surface area contributed by atoms with E-state index in [1.165, 1.54) is 7.11 Å². The lowest BCUT2D eigenvalue weighted by atomic mass is 10.1. The van der Waals surface area contributed by atoms with Crippen LogP contribution in [0.25, 0.3) is 11.3 Å². The van der Waals surface area contributed by atoms with Gasteiger partial charge in [-0.2, -0.15) is 0 Å². The maximum atomic E-state index is 11.2. The lowest BCUT2D eigenvalue weighted by Gasteiger charge is -2.03. The first-order valence-electron chi connectivity index (χ1n) is 5.33. The Bertz CT molecular complexity index is 555. The second-order valence-electron chi connectivity index (χ2n) is 3.62. The smallest absolute Gasteiger partial charge is 0.313 e. The van der Waals surface area contributed by atoms with Crippen molar-refractivity contribution in [2.45, 2.75) is 6.42 Å². The Balaban J connectivity index is 2.26. The molecule has 18 heavy (non-hydrogen) atoms. The Labute approximate surface area is 110 Å². The number of methoxy groups -OCH3 is 1. The van der Waals surface area contributed by atoms with E-state index in [1.54, 1.807) is 24.4 Å². The first-order chi connectivity index (χ1) is 8.69. The summed E-state index contributed by atoms with van der Waals surface area (Å²) in [4.78, 5) is 19.5. The van der Waals surface area contributed by atoms with Crippen molar-refractivity contribution in [2.75, 3.05) is 7.11 Å². The van der Waals surface area contributed by atoms with Crippen molar-refractivity contribution in [1.82, 2.24) is 9.97 Å². The van der Waals surface area contributed by atoms with E-state index in [0.29, 0.717) is 10.8 Å². The predicted octanol–water partition coefficient (Wildman–Crippen LogP) is 2.51. The van der Waals surface area contributed by atoms with Crippen LogP contribution >= 0.6 is 11.6 Å². The molecule has 0 spiro atoms. The monoisotopic (exact) mass is 262 g/mol. The van der Waals surface area contributed by atoms with Crippen molar-refractivity contribution in [3.63, 3.8) is 0 Å². The van der Waals surface area contributed by atoms with E-state index in [4.69, 9.17) is 11.6 Å². The fourth-order valence-corrected chi connectivity index (χ4v) is 1.59. The van der Waals surface area contributed by atoms with Crippen LogP contribution in [0.4, 0.5) is 0 Å². The van der Waals surface area contributed by atoms with Crippen molar-refractivity contribution < 1.29 is 9.53 Å². The fraction of sp³-hybridized carbons (Fsp3) is 0.154. The molecular formula is C13H11ClN2O2. The van der Waals surface area contributed by atoms with Gasteiger partial charge in [0.05, 0.1) is 12.8 Å². The third kappa shape index (κ3) is 3.05. The van der Waals surface area contributed by atoms with Crippen LogP contribution in [-0.4, -0.2) is 23.0 Å². The fourth-order valence-electron chi connectivity index (χ4n) is 1.47. The summed E-state index contributed by atoms with van der Waals surface area (Å²) in [5, 5.41) is 0.669. The van der Waals surface area contributed by atoms with Crippen LogP contribution in [0.5, 0.6) is 0 Å². The maximum absolute atomic E-state index is 11.2. The average molecular weight is 263 g/mol. The van der Waals surface area contributed by atoms with E-state index in [-0.39, 0.29) is 12.4 Å². The lowest BCUT2D eigenvalue weighted by Crippen LogP contribution is -2.08. The molecule has 0 saturated heterocycles. The van der Waals surface area contributed by atoms with Crippen LogP contribution in [-0.2, 0) is 16.0 Å². The van der Waals surface area contributed by atoms with Crippen LogP contribution in [0.15, 0.2) is 36.5 Å². The molecule has 2 aromatic rings. The maximum Gasteiger partial charge on any atom is 0.313 e. The summed E-state index contributed by atoms with van der Waals surface area (Å²) in [5.74, 6) is 0.0811. The molecule has 1 heterocycles. The summed E-state index contributed by atoms with van der Waals surface area (Å²) in [7, 11) is 1.34. The zero-order valence-electron chi connectivity index (χ0n) is 9.76. The number of hydrogen-bond donors (Lipinski definition) is 0. The Morgan fingerprint density at radius 3 is 2.67 bits per heavy atom. The molecule has 0 aliphatic carbocycles. The zero-order chi connectivity index (χ0) is 13.0. The molecule has 0 aliphatic rings. The summed E-state index contributed by atoms with van der Waals surface area (Å²) in [6, 6.07) is 9.10. The standard InChI is InChI=1S/C13H11ClN2O2/c1-18-13(17)8-12-15-7-6-11(16-12)9-2-4-10(14)5-3-9/h2-7H,8H2,1H3. The van der Waals surface area contributed by atoms with Crippen LogP contribution in [0.3, 0.4) is 0 Å². The molecule has 5 heteroatoms. The summed E-state index contributed by atoms with van der Waals surface area (Å²) in [5.41, 5.74) is 1.67. The predicted molar refractivity (Wildman–Crippen MR) is 68.2 cm³/mol. The SMILES string of the molecule is COC(=O)Cc1nccc(-c2ccc(Cl)cc2)n1. The van der Waals surface area contributed by atoms with Gasteiger partial charge in [-0.25, -0.2) is 9.97 Å². The molecule has 0 radical (unpaired) electrons. The molecule has 0 saturated carbocycles. The molecule has 0 amide bonds. The molecule has 1 aromatic heterocycles. The van der Waals surface area contributed by atoms with E-state index < -0.39 is 0 Å². The Morgan fingerprint density at radius 2 is 2.00 bits per heavy atom. The largest absolute Gasteiger partial charge is 0.469 e. The second-order valence-corrected chi connectivity index (χ2v) is 4.05. The van der Waals surface area contributed by atoms with Gasteiger partial charge < -0.3 is 4.74 Å². The average Bonchev–Trinajstić information content (AvgIpc) is 2.40. The molecule has 1 aromatic carbocycles. The molecule has 0 unspecified atom stereocenters. The van der Waals surface area contributed by atoms with Gasteiger partial charge in [0.15, 0.2) is 0 Å². The topological polar surface area (TPSA) is 52.1 Å². The molecule has 0 bridgehead atoms. The molecular weight excluding hydrogens is 252 g/mol. The van der Waals surface area contributed by atoms with Crippen LogP contribution in [0, 0.1) is 0 Å². The highest BCUT2D eigenvalue weighted by atomic mass is 35.5. The van der Waals surface area contributed by atoms with Gasteiger partial charge in [0.25, 0.3) is 0 Å². The molecule has 4 nitrogen and oxygen atoms in total. The second kappa shape index (κ2) is 5.60. The quantitative estimate of drug-likeness (QED) is 0.798. The van der Waals surface area contributed by atoms with E-state index in [9.17, 15) is 4.79 Å². The van der Waals surface area contributed by atoms with Crippen molar-refractivity contribution in [1.29, 1.82) is 0 Å². The van der Waals surface area contributed by atoms with Crippen molar-refractivity contribution in [3.05, 3.63) is 47.4 Å². The minimum atomic E-state index is -0.358. The van der Waals surface area contributed by atoms with Gasteiger partial charge in [0, 0.05) is 16.8 Å². The molecule has 0 N–H and O–H groups in total. The summed E-state index contributed by atoms with van der Waals surface area (Å²) < 4.78 is 4.58. The lowest BCUT2D eigenvalue weighted by molar-refractivity contribution is -0.139.